The number of rotatable bonds is 6. The zero-order chi connectivity index (χ0) is 21.1. The van der Waals surface area contributed by atoms with Gasteiger partial charge in [-0.1, -0.05) is 25.1 Å². The molecule has 0 fully saturated rings. The van der Waals surface area contributed by atoms with Crippen molar-refractivity contribution in [2.45, 2.75) is 26.7 Å². The van der Waals surface area contributed by atoms with Crippen molar-refractivity contribution in [3.63, 3.8) is 0 Å². The number of thiazole rings is 1. The molecule has 2 aromatic carbocycles. The zero-order valence-electron chi connectivity index (χ0n) is 17.0. The van der Waals surface area contributed by atoms with E-state index in [9.17, 15) is 9.59 Å². The van der Waals surface area contributed by atoms with Gasteiger partial charge in [-0.15, -0.1) is 11.3 Å². The minimum atomic E-state index is -0.248. The number of carbonyl (C=O) groups is 2. The van der Waals surface area contributed by atoms with Crippen LogP contribution in [0, 0.1) is 0 Å². The Morgan fingerprint density at radius 1 is 1.20 bits per heavy atom. The van der Waals surface area contributed by atoms with E-state index in [0.29, 0.717) is 29.5 Å². The first kappa shape index (κ1) is 20.1. The number of benzene rings is 2. The molecule has 1 N–H and O–H groups in total. The molecule has 0 atom stereocenters. The lowest BCUT2D eigenvalue weighted by atomic mass is 10.1. The van der Waals surface area contributed by atoms with Gasteiger partial charge in [-0.05, 0) is 43.2 Å². The molecule has 4 rings (SSSR count). The molecule has 0 radical (unpaired) electrons. The van der Waals surface area contributed by atoms with Gasteiger partial charge in [-0.2, -0.15) is 0 Å². The van der Waals surface area contributed by atoms with E-state index in [1.54, 1.807) is 12.1 Å². The molecule has 7 heteroatoms. The predicted molar refractivity (Wildman–Crippen MR) is 119 cm³/mol. The maximum absolute atomic E-state index is 12.7. The highest BCUT2D eigenvalue weighted by Crippen LogP contribution is 2.34. The molecule has 30 heavy (non-hydrogen) atoms. The quantitative estimate of drug-likeness (QED) is 0.623. The molecular weight excluding hydrogens is 398 g/mol. The van der Waals surface area contributed by atoms with Gasteiger partial charge in [0.25, 0.3) is 5.91 Å². The standard InChI is InChI=1S/C23H23N3O3S/c1-3-21(27)26-12-11-16-13-15(9-10-19(16)26)18-14-30-23(24-18)25-22(28)17-7-5-6-8-20(17)29-4-2/h5-10,13-14H,3-4,11-12H2,1-2H3,(H,24,25,28). The van der Waals surface area contributed by atoms with E-state index in [0.717, 1.165) is 35.5 Å². The van der Waals surface area contributed by atoms with Crippen molar-refractivity contribution >= 4 is 34.0 Å². The van der Waals surface area contributed by atoms with Crippen molar-refractivity contribution < 1.29 is 14.3 Å². The molecule has 0 saturated carbocycles. The van der Waals surface area contributed by atoms with E-state index in [2.05, 4.69) is 16.4 Å². The normalized spacial score (nSPS) is 12.5. The smallest absolute Gasteiger partial charge is 0.261 e. The van der Waals surface area contributed by atoms with Crippen molar-refractivity contribution in [2.24, 2.45) is 0 Å². The lowest BCUT2D eigenvalue weighted by Crippen LogP contribution is -2.27. The third-order valence-corrected chi connectivity index (χ3v) is 5.79. The highest BCUT2D eigenvalue weighted by molar-refractivity contribution is 7.14. The number of fused-ring (bicyclic) bond motifs is 1. The highest BCUT2D eigenvalue weighted by atomic mass is 32.1. The second-order valence-electron chi connectivity index (χ2n) is 6.91. The maximum atomic E-state index is 12.7. The summed E-state index contributed by atoms with van der Waals surface area (Å²) >= 11 is 1.38. The summed E-state index contributed by atoms with van der Waals surface area (Å²) in [6.07, 6.45) is 1.35. The van der Waals surface area contributed by atoms with Crippen molar-refractivity contribution in [3.8, 4) is 17.0 Å². The minimum absolute atomic E-state index is 0.146. The fraction of sp³-hybridized carbons (Fsp3) is 0.261. The van der Waals surface area contributed by atoms with Crippen LogP contribution in [0.5, 0.6) is 5.75 Å². The second kappa shape index (κ2) is 8.67. The summed E-state index contributed by atoms with van der Waals surface area (Å²) in [5.74, 6) is 0.453. The Labute approximate surface area is 179 Å². The lowest BCUT2D eigenvalue weighted by Gasteiger charge is -2.16. The molecule has 1 aliphatic heterocycles. The van der Waals surface area contributed by atoms with Crippen LogP contribution >= 0.6 is 11.3 Å². The van der Waals surface area contributed by atoms with E-state index in [-0.39, 0.29) is 11.8 Å². The van der Waals surface area contributed by atoms with Gasteiger partial charge in [0, 0.05) is 29.6 Å². The van der Waals surface area contributed by atoms with Crippen LogP contribution in [0.25, 0.3) is 11.3 Å². The van der Waals surface area contributed by atoms with E-state index in [4.69, 9.17) is 4.74 Å². The Morgan fingerprint density at radius 3 is 2.83 bits per heavy atom. The van der Waals surface area contributed by atoms with E-state index < -0.39 is 0 Å². The van der Waals surface area contributed by atoms with Crippen molar-refractivity contribution in [1.82, 2.24) is 4.98 Å². The molecule has 0 unspecified atom stereocenters. The predicted octanol–water partition coefficient (Wildman–Crippen LogP) is 4.76. The van der Waals surface area contributed by atoms with E-state index in [1.165, 1.54) is 11.3 Å². The second-order valence-corrected chi connectivity index (χ2v) is 7.77. The van der Waals surface area contributed by atoms with Crippen LogP contribution in [0.15, 0.2) is 47.8 Å². The third kappa shape index (κ3) is 3.93. The summed E-state index contributed by atoms with van der Waals surface area (Å²) in [7, 11) is 0. The summed E-state index contributed by atoms with van der Waals surface area (Å²) in [6, 6.07) is 13.2. The largest absolute Gasteiger partial charge is 0.493 e. The van der Waals surface area contributed by atoms with Crippen LogP contribution in [0.3, 0.4) is 0 Å². The Kier molecular flexibility index (Phi) is 5.81. The summed E-state index contributed by atoms with van der Waals surface area (Å²) in [5.41, 5.74) is 4.40. The molecule has 1 aromatic heterocycles. The van der Waals surface area contributed by atoms with Crippen LogP contribution in [-0.4, -0.2) is 29.9 Å². The minimum Gasteiger partial charge on any atom is -0.493 e. The number of carbonyl (C=O) groups excluding carboxylic acids is 2. The first-order chi connectivity index (χ1) is 14.6. The summed E-state index contributed by atoms with van der Waals surface area (Å²) in [4.78, 5) is 31.2. The van der Waals surface area contributed by atoms with Crippen molar-refractivity contribution in [3.05, 3.63) is 59.0 Å². The summed E-state index contributed by atoms with van der Waals surface area (Å²) in [6.45, 7) is 4.98. The summed E-state index contributed by atoms with van der Waals surface area (Å²) < 4.78 is 5.54. The van der Waals surface area contributed by atoms with Gasteiger partial charge in [0.1, 0.15) is 5.75 Å². The molecular formula is C23H23N3O3S. The number of nitrogens with zero attached hydrogens (tertiary/aromatic N) is 2. The molecule has 154 valence electrons. The topological polar surface area (TPSA) is 71.5 Å². The Morgan fingerprint density at radius 2 is 2.03 bits per heavy atom. The number of amides is 2. The molecule has 0 bridgehead atoms. The monoisotopic (exact) mass is 421 g/mol. The maximum Gasteiger partial charge on any atom is 0.261 e. The van der Waals surface area contributed by atoms with E-state index in [1.807, 2.05) is 48.4 Å². The van der Waals surface area contributed by atoms with Gasteiger partial charge in [0.05, 0.1) is 17.9 Å². The average Bonchev–Trinajstić information content (AvgIpc) is 3.40. The van der Waals surface area contributed by atoms with Crippen LogP contribution in [0.1, 0.15) is 36.2 Å². The van der Waals surface area contributed by atoms with Crippen LogP contribution in [0.2, 0.25) is 0 Å². The van der Waals surface area contributed by atoms with Crippen LogP contribution in [-0.2, 0) is 11.2 Å². The molecule has 1 aliphatic rings. The van der Waals surface area contributed by atoms with Gasteiger partial charge in [0.15, 0.2) is 5.13 Å². The van der Waals surface area contributed by atoms with Crippen LogP contribution in [0.4, 0.5) is 10.8 Å². The number of anilines is 2. The highest BCUT2D eigenvalue weighted by Gasteiger charge is 2.24. The molecule has 0 saturated heterocycles. The average molecular weight is 422 g/mol. The van der Waals surface area contributed by atoms with Gasteiger partial charge >= 0.3 is 0 Å². The van der Waals surface area contributed by atoms with Crippen molar-refractivity contribution in [2.75, 3.05) is 23.4 Å². The number of hydrogen-bond donors (Lipinski definition) is 1. The molecule has 0 spiro atoms. The number of nitrogens with one attached hydrogen (secondary N) is 1. The third-order valence-electron chi connectivity index (χ3n) is 5.03. The SMILES string of the molecule is CCOc1ccccc1C(=O)Nc1nc(-c2ccc3c(c2)CCN3C(=O)CC)cs1. The fourth-order valence-corrected chi connectivity index (χ4v) is 4.29. The number of aromatic nitrogens is 1. The molecule has 2 amide bonds. The van der Waals surface area contributed by atoms with Gasteiger partial charge < -0.3 is 9.64 Å². The molecule has 6 nitrogen and oxygen atoms in total. The van der Waals surface area contributed by atoms with E-state index >= 15 is 0 Å². The Balaban J connectivity index is 1.51. The van der Waals surface area contributed by atoms with Crippen molar-refractivity contribution in [1.29, 1.82) is 0 Å². The summed E-state index contributed by atoms with van der Waals surface area (Å²) in [5, 5.41) is 5.32. The number of hydrogen-bond acceptors (Lipinski definition) is 5. The molecule has 2 heterocycles. The molecule has 0 aliphatic carbocycles. The van der Waals surface area contributed by atoms with Crippen LogP contribution < -0.4 is 15.0 Å². The lowest BCUT2D eigenvalue weighted by molar-refractivity contribution is -0.118. The van der Waals surface area contributed by atoms with Gasteiger partial charge in [-0.25, -0.2) is 4.98 Å². The first-order valence-corrected chi connectivity index (χ1v) is 10.9. The fourth-order valence-electron chi connectivity index (χ4n) is 3.57. The number of ether oxygens (including phenoxy) is 1. The Hall–Kier alpha value is -3.19. The zero-order valence-corrected chi connectivity index (χ0v) is 17.8. The Bertz CT molecular complexity index is 1090. The number of para-hydroxylation sites is 1. The first-order valence-electron chi connectivity index (χ1n) is 10.0. The van der Waals surface area contributed by atoms with Gasteiger partial charge in [-0.3, -0.25) is 14.9 Å². The van der Waals surface area contributed by atoms with Gasteiger partial charge in [0.2, 0.25) is 5.91 Å². The molecule has 3 aromatic rings.